The van der Waals surface area contributed by atoms with Gasteiger partial charge in [0.25, 0.3) is 5.91 Å². The van der Waals surface area contributed by atoms with Gasteiger partial charge in [0, 0.05) is 37.3 Å². The summed E-state index contributed by atoms with van der Waals surface area (Å²) in [5.74, 6) is 0.570. The Morgan fingerprint density at radius 2 is 2.32 bits per heavy atom. The highest BCUT2D eigenvalue weighted by atomic mass is 32.1. The SMILES string of the molecule is O=C(c1ccccn1)N1CCC(Cc2nccs2)C1. The van der Waals surface area contributed by atoms with Crippen LogP contribution in [0.4, 0.5) is 0 Å². The Morgan fingerprint density at radius 3 is 3.05 bits per heavy atom. The molecule has 2 aromatic rings. The van der Waals surface area contributed by atoms with Crippen molar-refractivity contribution in [3.63, 3.8) is 0 Å². The number of hydrogen-bond donors (Lipinski definition) is 0. The van der Waals surface area contributed by atoms with Gasteiger partial charge < -0.3 is 4.90 Å². The molecule has 1 fully saturated rings. The van der Waals surface area contributed by atoms with Gasteiger partial charge in [0.2, 0.25) is 0 Å². The van der Waals surface area contributed by atoms with Crippen LogP contribution in [-0.2, 0) is 6.42 Å². The highest BCUT2D eigenvalue weighted by molar-refractivity contribution is 7.09. The number of carbonyl (C=O) groups is 1. The third-order valence-corrected chi connectivity index (χ3v) is 4.21. The lowest BCUT2D eigenvalue weighted by atomic mass is 10.1. The van der Waals surface area contributed by atoms with E-state index in [4.69, 9.17) is 0 Å². The van der Waals surface area contributed by atoms with Gasteiger partial charge in [-0.05, 0) is 24.5 Å². The molecule has 0 spiro atoms. The molecule has 1 saturated heterocycles. The number of carbonyl (C=O) groups excluding carboxylic acids is 1. The van der Waals surface area contributed by atoms with Gasteiger partial charge in [0.05, 0.1) is 5.01 Å². The minimum Gasteiger partial charge on any atom is -0.337 e. The molecular weight excluding hydrogens is 258 g/mol. The molecule has 0 aromatic carbocycles. The number of likely N-dealkylation sites (tertiary alicyclic amines) is 1. The molecule has 1 aliphatic rings. The third-order valence-electron chi connectivity index (χ3n) is 3.40. The van der Waals surface area contributed by atoms with Crippen molar-refractivity contribution in [1.82, 2.24) is 14.9 Å². The van der Waals surface area contributed by atoms with Crippen LogP contribution in [0.25, 0.3) is 0 Å². The number of nitrogens with zero attached hydrogens (tertiary/aromatic N) is 3. The normalized spacial score (nSPS) is 18.7. The number of aromatic nitrogens is 2. The monoisotopic (exact) mass is 273 g/mol. The van der Waals surface area contributed by atoms with Crippen LogP contribution in [0.5, 0.6) is 0 Å². The molecule has 5 heteroatoms. The van der Waals surface area contributed by atoms with Gasteiger partial charge in [-0.3, -0.25) is 9.78 Å². The first-order valence-electron chi connectivity index (χ1n) is 6.41. The predicted molar refractivity (Wildman–Crippen MR) is 74.1 cm³/mol. The van der Waals surface area contributed by atoms with E-state index in [9.17, 15) is 4.79 Å². The zero-order valence-electron chi connectivity index (χ0n) is 10.5. The van der Waals surface area contributed by atoms with E-state index in [1.54, 1.807) is 23.6 Å². The molecule has 1 unspecified atom stereocenters. The Morgan fingerprint density at radius 1 is 1.37 bits per heavy atom. The van der Waals surface area contributed by atoms with E-state index < -0.39 is 0 Å². The van der Waals surface area contributed by atoms with E-state index >= 15 is 0 Å². The standard InChI is InChI=1S/C14H15N3OS/c18-14(12-3-1-2-5-15-12)17-7-4-11(10-17)9-13-16-6-8-19-13/h1-3,5-6,8,11H,4,7,9-10H2. The first-order valence-corrected chi connectivity index (χ1v) is 7.29. The van der Waals surface area contributed by atoms with Crippen LogP contribution >= 0.6 is 11.3 Å². The Hall–Kier alpha value is -1.75. The molecule has 0 bridgehead atoms. The van der Waals surface area contributed by atoms with Crippen molar-refractivity contribution in [1.29, 1.82) is 0 Å². The minimum atomic E-state index is 0.0437. The molecule has 3 heterocycles. The lowest BCUT2D eigenvalue weighted by Gasteiger charge is -2.15. The van der Waals surface area contributed by atoms with Crippen LogP contribution < -0.4 is 0 Å². The van der Waals surface area contributed by atoms with Gasteiger partial charge in [-0.1, -0.05) is 6.07 Å². The summed E-state index contributed by atoms with van der Waals surface area (Å²) in [6.45, 7) is 1.64. The second-order valence-electron chi connectivity index (χ2n) is 4.75. The molecule has 1 amide bonds. The van der Waals surface area contributed by atoms with Crippen LogP contribution in [0, 0.1) is 5.92 Å². The lowest BCUT2D eigenvalue weighted by Crippen LogP contribution is -2.29. The molecule has 0 saturated carbocycles. The van der Waals surface area contributed by atoms with Crippen LogP contribution in [0.3, 0.4) is 0 Å². The zero-order valence-corrected chi connectivity index (χ0v) is 11.3. The van der Waals surface area contributed by atoms with Crippen molar-refractivity contribution in [3.8, 4) is 0 Å². The Bertz CT molecular complexity index is 541. The summed E-state index contributed by atoms with van der Waals surface area (Å²) in [5, 5.41) is 3.17. The summed E-state index contributed by atoms with van der Waals surface area (Å²) in [6, 6.07) is 5.45. The third kappa shape index (κ3) is 2.81. The Kier molecular flexibility index (Phi) is 3.55. The molecule has 0 radical (unpaired) electrons. The quantitative estimate of drug-likeness (QED) is 0.861. The van der Waals surface area contributed by atoms with Crippen LogP contribution in [-0.4, -0.2) is 33.9 Å². The summed E-state index contributed by atoms with van der Waals surface area (Å²) < 4.78 is 0. The van der Waals surface area contributed by atoms with Crippen molar-refractivity contribution in [3.05, 3.63) is 46.7 Å². The molecule has 0 aliphatic carbocycles. The van der Waals surface area contributed by atoms with E-state index in [-0.39, 0.29) is 5.91 Å². The summed E-state index contributed by atoms with van der Waals surface area (Å²) in [6.07, 6.45) is 5.53. The van der Waals surface area contributed by atoms with Crippen molar-refractivity contribution in [2.45, 2.75) is 12.8 Å². The van der Waals surface area contributed by atoms with E-state index in [2.05, 4.69) is 9.97 Å². The van der Waals surface area contributed by atoms with Crippen LogP contribution in [0.2, 0.25) is 0 Å². The lowest BCUT2D eigenvalue weighted by molar-refractivity contribution is 0.0781. The largest absolute Gasteiger partial charge is 0.337 e. The summed E-state index contributed by atoms with van der Waals surface area (Å²) in [5.41, 5.74) is 0.539. The average molecular weight is 273 g/mol. The van der Waals surface area contributed by atoms with Crippen molar-refractivity contribution < 1.29 is 4.79 Å². The maximum absolute atomic E-state index is 12.2. The molecule has 0 N–H and O–H groups in total. The summed E-state index contributed by atoms with van der Waals surface area (Å²) >= 11 is 1.69. The van der Waals surface area contributed by atoms with Crippen molar-refractivity contribution >= 4 is 17.2 Å². The number of rotatable bonds is 3. The molecule has 1 aliphatic heterocycles. The maximum Gasteiger partial charge on any atom is 0.272 e. The van der Waals surface area contributed by atoms with Gasteiger partial charge in [-0.15, -0.1) is 11.3 Å². The van der Waals surface area contributed by atoms with Crippen molar-refractivity contribution in [2.24, 2.45) is 5.92 Å². The highest BCUT2D eigenvalue weighted by Gasteiger charge is 2.27. The van der Waals surface area contributed by atoms with Gasteiger partial charge in [-0.2, -0.15) is 0 Å². The topological polar surface area (TPSA) is 46.1 Å². The fraction of sp³-hybridized carbons (Fsp3) is 0.357. The second kappa shape index (κ2) is 5.48. The summed E-state index contributed by atoms with van der Waals surface area (Å²) in [7, 11) is 0. The number of hydrogen-bond acceptors (Lipinski definition) is 4. The zero-order chi connectivity index (χ0) is 13.1. The smallest absolute Gasteiger partial charge is 0.272 e. The molecule has 3 rings (SSSR count). The first kappa shape index (κ1) is 12.3. The molecule has 98 valence electrons. The molecule has 4 nitrogen and oxygen atoms in total. The van der Waals surface area contributed by atoms with Gasteiger partial charge in [0.15, 0.2) is 0 Å². The summed E-state index contributed by atoms with van der Waals surface area (Å²) in [4.78, 5) is 22.6. The molecule has 2 aromatic heterocycles. The van der Waals surface area contributed by atoms with E-state index in [1.165, 1.54) is 0 Å². The van der Waals surface area contributed by atoms with E-state index in [1.807, 2.05) is 28.6 Å². The van der Waals surface area contributed by atoms with E-state index in [0.717, 1.165) is 30.9 Å². The van der Waals surface area contributed by atoms with E-state index in [0.29, 0.717) is 11.6 Å². The number of thiazole rings is 1. The number of amides is 1. The fourth-order valence-electron chi connectivity index (χ4n) is 2.44. The first-order chi connectivity index (χ1) is 9.33. The predicted octanol–water partition coefficient (Wildman–Crippen LogP) is 2.24. The van der Waals surface area contributed by atoms with Crippen LogP contribution in [0.15, 0.2) is 36.0 Å². The Labute approximate surface area is 116 Å². The average Bonchev–Trinajstić information content (AvgIpc) is 3.11. The highest BCUT2D eigenvalue weighted by Crippen LogP contribution is 2.22. The Balaban J connectivity index is 1.61. The van der Waals surface area contributed by atoms with Gasteiger partial charge >= 0.3 is 0 Å². The van der Waals surface area contributed by atoms with Crippen LogP contribution in [0.1, 0.15) is 21.9 Å². The molecule has 1 atom stereocenters. The van der Waals surface area contributed by atoms with Gasteiger partial charge in [-0.25, -0.2) is 4.98 Å². The second-order valence-corrected chi connectivity index (χ2v) is 5.73. The maximum atomic E-state index is 12.2. The van der Waals surface area contributed by atoms with Crippen molar-refractivity contribution in [2.75, 3.05) is 13.1 Å². The molecular formula is C14H15N3OS. The van der Waals surface area contributed by atoms with Gasteiger partial charge in [0.1, 0.15) is 5.69 Å². The minimum absolute atomic E-state index is 0.0437. The fourth-order valence-corrected chi connectivity index (χ4v) is 3.17. The molecule has 19 heavy (non-hydrogen) atoms. The number of pyridine rings is 1.